The van der Waals surface area contributed by atoms with Crippen molar-refractivity contribution in [2.75, 3.05) is 11.6 Å². The average molecular weight is 195 g/mol. The van der Waals surface area contributed by atoms with Crippen molar-refractivity contribution in [3.63, 3.8) is 0 Å². The van der Waals surface area contributed by atoms with E-state index in [0.29, 0.717) is 0 Å². The fourth-order valence-electron chi connectivity index (χ4n) is 0.869. The number of halogens is 1. The van der Waals surface area contributed by atoms with Crippen LogP contribution in [0, 0.1) is 0 Å². The Kier molecular flexibility index (Phi) is 9.24. The van der Waals surface area contributed by atoms with E-state index >= 15 is 0 Å². The first-order valence-corrected chi connectivity index (χ1v) is 6.03. The minimum absolute atomic E-state index is 0.794. The van der Waals surface area contributed by atoms with Gasteiger partial charge in [-0.05, 0) is 23.8 Å². The fraction of sp³-hybridized carbons (Fsp3) is 1.00. The lowest BCUT2D eigenvalue weighted by molar-refractivity contribution is 0.709. The Bertz CT molecular complexity index is 74.0. The maximum Gasteiger partial charge on any atom is 0.0223 e. The normalized spacial score (nSPS) is 10.9. The summed E-state index contributed by atoms with van der Waals surface area (Å²) in [5.41, 5.74) is 0. The number of hydrogen-bond acceptors (Lipinski definition) is 1. The summed E-state index contributed by atoms with van der Waals surface area (Å²) in [7, 11) is 0. The number of rotatable bonds is 7. The minimum atomic E-state index is 0.794. The van der Waals surface area contributed by atoms with Crippen LogP contribution in [-0.4, -0.2) is 16.9 Å². The highest BCUT2D eigenvalue weighted by molar-refractivity contribution is 7.99. The van der Waals surface area contributed by atoms with E-state index in [2.05, 4.69) is 25.6 Å². The molecule has 0 aromatic rings. The lowest BCUT2D eigenvalue weighted by Crippen LogP contribution is -1.89. The van der Waals surface area contributed by atoms with Crippen LogP contribution in [0.25, 0.3) is 0 Å². The molecular formula is C9H19ClS. The average Bonchev–Trinajstić information content (AvgIpc) is 1.96. The Balaban J connectivity index is 2.80. The second-order valence-corrected chi connectivity index (χ2v) is 5.09. The summed E-state index contributed by atoms with van der Waals surface area (Å²) in [6.07, 6.45) is 5.21. The molecule has 11 heavy (non-hydrogen) atoms. The minimum Gasteiger partial charge on any atom is -0.159 e. The zero-order chi connectivity index (χ0) is 8.53. The lowest BCUT2D eigenvalue weighted by atomic mass is 10.2. The van der Waals surface area contributed by atoms with Gasteiger partial charge in [-0.15, -0.1) is 11.6 Å². The van der Waals surface area contributed by atoms with Crippen molar-refractivity contribution in [2.24, 2.45) is 0 Å². The number of alkyl halides is 1. The standard InChI is InChI=1S/C9H19ClS/c1-9(2)11-8-6-4-3-5-7-10/h9H,3-8H2,1-2H3. The van der Waals surface area contributed by atoms with E-state index in [1.54, 1.807) is 0 Å². The smallest absolute Gasteiger partial charge is 0.0223 e. The first-order chi connectivity index (χ1) is 5.27. The molecule has 0 N–H and O–H groups in total. The largest absolute Gasteiger partial charge is 0.159 e. The molecule has 0 fully saturated rings. The second kappa shape index (κ2) is 8.73. The van der Waals surface area contributed by atoms with Gasteiger partial charge in [0.15, 0.2) is 0 Å². The van der Waals surface area contributed by atoms with E-state index < -0.39 is 0 Å². The van der Waals surface area contributed by atoms with Gasteiger partial charge in [-0.2, -0.15) is 11.8 Å². The van der Waals surface area contributed by atoms with Gasteiger partial charge in [-0.25, -0.2) is 0 Å². The molecule has 0 saturated carbocycles. The molecule has 68 valence electrons. The third-order valence-corrected chi connectivity index (χ3v) is 2.94. The van der Waals surface area contributed by atoms with Crippen LogP contribution in [0.3, 0.4) is 0 Å². The number of unbranched alkanes of at least 4 members (excludes halogenated alkanes) is 3. The number of thioether (sulfide) groups is 1. The van der Waals surface area contributed by atoms with E-state index in [0.717, 1.165) is 11.1 Å². The molecular weight excluding hydrogens is 176 g/mol. The predicted molar refractivity (Wildman–Crippen MR) is 56.8 cm³/mol. The zero-order valence-corrected chi connectivity index (χ0v) is 9.18. The van der Waals surface area contributed by atoms with Crippen LogP contribution >= 0.6 is 23.4 Å². The maximum atomic E-state index is 5.56. The van der Waals surface area contributed by atoms with E-state index in [9.17, 15) is 0 Å². The molecule has 0 aliphatic heterocycles. The van der Waals surface area contributed by atoms with Gasteiger partial charge < -0.3 is 0 Å². The summed E-state index contributed by atoms with van der Waals surface area (Å²) in [5.74, 6) is 2.15. The Morgan fingerprint density at radius 1 is 1.09 bits per heavy atom. The van der Waals surface area contributed by atoms with Crippen molar-refractivity contribution in [3.8, 4) is 0 Å². The summed E-state index contributed by atoms with van der Waals surface area (Å²) < 4.78 is 0. The number of hydrogen-bond donors (Lipinski definition) is 0. The van der Waals surface area contributed by atoms with Crippen LogP contribution in [0.2, 0.25) is 0 Å². The molecule has 0 spiro atoms. The Morgan fingerprint density at radius 3 is 2.27 bits per heavy atom. The summed E-state index contributed by atoms with van der Waals surface area (Å²) >= 11 is 7.62. The third-order valence-electron chi connectivity index (χ3n) is 1.48. The van der Waals surface area contributed by atoms with E-state index in [1.165, 1.54) is 31.4 Å². The Morgan fingerprint density at radius 2 is 1.73 bits per heavy atom. The molecule has 0 radical (unpaired) electrons. The summed E-state index contributed by atoms with van der Waals surface area (Å²) in [4.78, 5) is 0. The van der Waals surface area contributed by atoms with Crippen molar-refractivity contribution in [2.45, 2.75) is 44.8 Å². The highest BCUT2D eigenvalue weighted by Gasteiger charge is 1.93. The topological polar surface area (TPSA) is 0 Å². The molecule has 0 aromatic heterocycles. The molecule has 0 amide bonds. The highest BCUT2D eigenvalue weighted by Crippen LogP contribution is 2.12. The van der Waals surface area contributed by atoms with E-state index in [1.807, 2.05) is 0 Å². The molecule has 0 aliphatic rings. The van der Waals surface area contributed by atoms with Gasteiger partial charge in [0.2, 0.25) is 0 Å². The van der Waals surface area contributed by atoms with Gasteiger partial charge in [0, 0.05) is 5.88 Å². The van der Waals surface area contributed by atoms with Crippen LogP contribution in [0.15, 0.2) is 0 Å². The summed E-state index contributed by atoms with van der Waals surface area (Å²) in [6.45, 7) is 4.51. The van der Waals surface area contributed by atoms with Crippen LogP contribution in [-0.2, 0) is 0 Å². The van der Waals surface area contributed by atoms with Gasteiger partial charge >= 0.3 is 0 Å². The van der Waals surface area contributed by atoms with Crippen LogP contribution in [0.5, 0.6) is 0 Å². The highest BCUT2D eigenvalue weighted by atomic mass is 35.5. The van der Waals surface area contributed by atoms with Crippen molar-refractivity contribution >= 4 is 23.4 Å². The first-order valence-electron chi connectivity index (χ1n) is 4.45. The molecule has 0 saturated heterocycles. The molecule has 0 aliphatic carbocycles. The second-order valence-electron chi connectivity index (χ2n) is 3.02. The Hall–Kier alpha value is 0.640. The quantitative estimate of drug-likeness (QED) is 0.437. The van der Waals surface area contributed by atoms with Gasteiger partial charge in [0.1, 0.15) is 0 Å². The van der Waals surface area contributed by atoms with Crippen LogP contribution in [0.1, 0.15) is 39.5 Å². The maximum absolute atomic E-state index is 5.56. The first kappa shape index (κ1) is 11.6. The monoisotopic (exact) mass is 194 g/mol. The zero-order valence-electron chi connectivity index (χ0n) is 7.61. The molecule has 0 nitrogen and oxygen atoms in total. The van der Waals surface area contributed by atoms with Crippen molar-refractivity contribution in [1.29, 1.82) is 0 Å². The molecule has 0 rings (SSSR count). The molecule has 0 heterocycles. The van der Waals surface area contributed by atoms with Gasteiger partial charge in [-0.3, -0.25) is 0 Å². The lowest BCUT2D eigenvalue weighted by Gasteiger charge is -2.03. The predicted octanol–water partition coefficient (Wildman–Crippen LogP) is 3.93. The van der Waals surface area contributed by atoms with Gasteiger partial charge in [-0.1, -0.05) is 26.7 Å². The fourth-order valence-corrected chi connectivity index (χ4v) is 1.90. The van der Waals surface area contributed by atoms with E-state index in [-0.39, 0.29) is 0 Å². The Labute approximate surface area is 80.1 Å². The van der Waals surface area contributed by atoms with E-state index in [4.69, 9.17) is 11.6 Å². The summed E-state index contributed by atoms with van der Waals surface area (Å²) in [6, 6.07) is 0. The summed E-state index contributed by atoms with van der Waals surface area (Å²) in [5, 5.41) is 0.794. The van der Waals surface area contributed by atoms with Crippen LogP contribution in [0.4, 0.5) is 0 Å². The molecule has 0 aromatic carbocycles. The molecule has 0 unspecified atom stereocenters. The van der Waals surface area contributed by atoms with Crippen molar-refractivity contribution < 1.29 is 0 Å². The van der Waals surface area contributed by atoms with Crippen molar-refractivity contribution in [3.05, 3.63) is 0 Å². The van der Waals surface area contributed by atoms with Gasteiger partial charge in [0.05, 0.1) is 0 Å². The third kappa shape index (κ3) is 10.6. The van der Waals surface area contributed by atoms with Gasteiger partial charge in [0.25, 0.3) is 0 Å². The molecule has 2 heteroatoms. The SMILES string of the molecule is CC(C)SCCCCCCCl. The molecule has 0 atom stereocenters. The molecule has 0 bridgehead atoms. The van der Waals surface area contributed by atoms with Crippen molar-refractivity contribution in [1.82, 2.24) is 0 Å². The van der Waals surface area contributed by atoms with Crippen LogP contribution < -0.4 is 0 Å².